The van der Waals surface area contributed by atoms with Crippen molar-refractivity contribution in [2.45, 2.75) is 0 Å². The molecule has 0 heterocycles. The Bertz CT molecular complexity index is 439. The Morgan fingerprint density at radius 2 is 2.00 bits per heavy atom. The van der Waals surface area contributed by atoms with Gasteiger partial charge >= 0.3 is 5.97 Å². The zero-order chi connectivity index (χ0) is 12.1. The molecule has 0 atom stereocenters. The fourth-order valence-corrected chi connectivity index (χ4v) is 1.22. The van der Waals surface area contributed by atoms with Gasteiger partial charge in [0.1, 0.15) is 5.57 Å². The van der Waals surface area contributed by atoms with E-state index in [0.717, 1.165) is 7.11 Å². The Hall–Kier alpha value is -1.88. The second kappa shape index (κ2) is 5.27. The van der Waals surface area contributed by atoms with Gasteiger partial charge in [-0.25, -0.2) is 4.79 Å². The second-order valence-electron chi connectivity index (χ2n) is 2.83. The molecule has 16 heavy (non-hydrogen) atoms. The van der Waals surface area contributed by atoms with E-state index in [4.69, 9.17) is 11.6 Å². The van der Waals surface area contributed by atoms with Crippen LogP contribution in [0.1, 0.15) is 5.56 Å². The van der Waals surface area contributed by atoms with Crippen LogP contribution in [0.3, 0.4) is 0 Å². The molecular formula is C10H8ClNO4. The minimum Gasteiger partial charge on any atom is -0.465 e. The highest BCUT2D eigenvalue weighted by Crippen LogP contribution is 2.18. The molecule has 0 aliphatic rings. The van der Waals surface area contributed by atoms with Crippen LogP contribution in [0.4, 0.5) is 0 Å². The van der Waals surface area contributed by atoms with Crippen LogP contribution in [0, 0.1) is 10.1 Å². The summed E-state index contributed by atoms with van der Waals surface area (Å²) in [4.78, 5) is 21.0. The number of nitrogens with zero attached hydrogens (tertiary/aromatic N) is 1. The molecule has 0 fully saturated rings. The van der Waals surface area contributed by atoms with Gasteiger partial charge in [-0.1, -0.05) is 23.7 Å². The van der Waals surface area contributed by atoms with E-state index >= 15 is 0 Å². The summed E-state index contributed by atoms with van der Waals surface area (Å²) < 4.78 is 4.45. The van der Waals surface area contributed by atoms with Crippen molar-refractivity contribution in [1.29, 1.82) is 0 Å². The second-order valence-corrected chi connectivity index (χ2v) is 3.26. The Kier molecular flexibility index (Phi) is 4.02. The highest BCUT2D eigenvalue weighted by Gasteiger charge is 2.16. The Labute approximate surface area is 96.4 Å². The predicted octanol–water partition coefficient (Wildman–Crippen LogP) is 2.13. The molecular weight excluding hydrogens is 234 g/mol. The van der Waals surface area contributed by atoms with Crippen molar-refractivity contribution >= 4 is 23.1 Å². The molecule has 0 saturated carbocycles. The van der Waals surface area contributed by atoms with E-state index in [0.29, 0.717) is 16.8 Å². The summed E-state index contributed by atoms with van der Waals surface area (Å²) in [6, 6.07) is 6.09. The van der Waals surface area contributed by atoms with Gasteiger partial charge in [0.2, 0.25) is 6.20 Å². The minimum atomic E-state index is -0.765. The molecule has 5 nitrogen and oxygen atoms in total. The molecule has 0 saturated heterocycles. The summed E-state index contributed by atoms with van der Waals surface area (Å²) in [5.41, 5.74) is 0.261. The number of esters is 1. The number of hydrogen-bond donors (Lipinski definition) is 0. The standard InChI is InChI=1S/C10H8ClNO4/c1-16-10(13)9(6-12(14)15)7-2-4-8(11)5-3-7/h2-6H,1H3. The van der Waals surface area contributed by atoms with Crippen LogP contribution < -0.4 is 0 Å². The van der Waals surface area contributed by atoms with Gasteiger partial charge in [0, 0.05) is 5.02 Å². The molecule has 0 radical (unpaired) electrons. The zero-order valence-corrected chi connectivity index (χ0v) is 9.10. The van der Waals surface area contributed by atoms with Crippen LogP contribution >= 0.6 is 11.6 Å². The Morgan fingerprint density at radius 3 is 2.44 bits per heavy atom. The van der Waals surface area contributed by atoms with Crippen LogP contribution in [-0.2, 0) is 9.53 Å². The monoisotopic (exact) mass is 241 g/mol. The third-order valence-electron chi connectivity index (χ3n) is 1.80. The number of rotatable bonds is 3. The number of nitro groups is 1. The number of carbonyl (C=O) groups excluding carboxylic acids is 1. The normalized spacial score (nSPS) is 11.0. The van der Waals surface area contributed by atoms with Gasteiger partial charge in [0.15, 0.2) is 0 Å². The average molecular weight is 242 g/mol. The topological polar surface area (TPSA) is 69.4 Å². The fraction of sp³-hybridized carbons (Fsp3) is 0.100. The van der Waals surface area contributed by atoms with Gasteiger partial charge in [0.25, 0.3) is 0 Å². The number of halogens is 1. The maximum atomic E-state index is 11.3. The summed E-state index contributed by atoms with van der Waals surface area (Å²) in [6.07, 6.45) is 0.606. The molecule has 1 aromatic carbocycles. The lowest BCUT2D eigenvalue weighted by molar-refractivity contribution is -0.401. The summed E-state index contributed by atoms with van der Waals surface area (Å²) >= 11 is 5.67. The molecule has 0 N–H and O–H groups in total. The van der Waals surface area contributed by atoms with Gasteiger partial charge in [-0.2, -0.15) is 0 Å². The maximum absolute atomic E-state index is 11.3. The molecule has 0 aromatic heterocycles. The first-order valence-electron chi connectivity index (χ1n) is 4.24. The summed E-state index contributed by atoms with van der Waals surface area (Å²) in [7, 11) is 1.16. The van der Waals surface area contributed by atoms with Crippen molar-refractivity contribution in [2.24, 2.45) is 0 Å². The Balaban J connectivity index is 3.16. The van der Waals surface area contributed by atoms with Gasteiger partial charge in [0.05, 0.1) is 12.0 Å². The molecule has 0 bridgehead atoms. The van der Waals surface area contributed by atoms with E-state index in [1.807, 2.05) is 0 Å². The summed E-state index contributed by atoms with van der Waals surface area (Å²) in [6.45, 7) is 0. The molecule has 6 heteroatoms. The van der Waals surface area contributed by atoms with Crippen molar-refractivity contribution in [1.82, 2.24) is 0 Å². The number of benzene rings is 1. The first-order chi connectivity index (χ1) is 7.54. The van der Waals surface area contributed by atoms with Crippen LogP contribution in [-0.4, -0.2) is 18.0 Å². The first kappa shape index (κ1) is 12.2. The van der Waals surface area contributed by atoms with E-state index < -0.39 is 10.9 Å². The molecule has 84 valence electrons. The fourth-order valence-electron chi connectivity index (χ4n) is 1.09. The van der Waals surface area contributed by atoms with Crippen LogP contribution in [0.15, 0.2) is 30.5 Å². The lowest BCUT2D eigenvalue weighted by Crippen LogP contribution is -2.05. The molecule has 0 amide bonds. The van der Waals surface area contributed by atoms with Crippen LogP contribution in [0.25, 0.3) is 5.57 Å². The molecule has 0 aliphatic carbocycles. The molecule has 0 spiro atoms. The SMILES string of the molecule is COC(=O)C(=C[N+](=O)[O-])c1ccc(Cl)cc1. The van der Waals surface area contributed by atoms with Crippen LogP contribution in [0.5, 0.6) is 0 Å². The molecule has 0 aliphatic heterocycles. The lowest BCUT2D eigenvalue weighted by atomic mass is 10.1. The third kappa shape index (κ3) is 3.06. The average Bonchev–Trinajstić information content (AvgIpc) is 2.26. The number of ether oxygens (including phenoxy) is 1. The van der Waals surface area contributed by atoms with Crippen molar-refractivity contribution in [3.8, 4) is 0 Å². The maximum Gasteiger partial charge on any atom is 0.344 e. The number of methoxy groups -OCH3 is 1. The van der Waals surface area contributed by atoms with Crippen molar-refractivity contribution in [3.05, 3.63) is 51.2 Å². The summed E-state index contributed by atoms with van der Waals surface area (Å²) in [5, 5.41) is 10.8. The smallest absolute Gasteiger partial charge is 0.344 e. The van der Waals surface area contributed by atoms with Crippen molar-refractivity contribution in [2.75, 3.05) is 7.11 Å². The van der Waals surface area contributed by atoms with Gasteiger partial charge in [-0.05, 0) is 17.7 Å². The zero-order valence-electron chi connectivity index (χ0n) is 8.34. The van der Waals surface area contributed by atoms with E-state index in [-0.39, 0.29) is 5.57 Å². The van der Waals surface area contributed by atoms with E-state index in [9.17, 15) is 14.9 Å². The number of hydrogen-bond acceptors (Lipinski definition) is 4. The van der Waals surface area contributed by atoms with E-state index in [1.165, 1.54) is 24.3 Å². The highest BCUT2D eigenvalue weighted by molar-refractivity contribution is 6.30. The predicted molar refractivity (Wildman–Crippen MR) is 58.4 cm³/mol. The summed E-state index contributed by atoms with van der Waals surface area (Å²) in [5.74, 6) is -0.765. The lowest BCUT2D eigenvalue weighted by Gasteiger charge is -2.02. The van der Waals surface area contributed by atoms with Crippen molar-refractivity contribution in [3.63, 3.8) is 0 Å². The van der Waals surface area contributed by atoms with Gasteiger partial charge < -0.3 is 4.74 Å². The van der Waals surface area contributed by atoms with Crippen LogP contribution in [0.2, 0.25) is 5.02 Å². The molecule has 1 rings (SSSR count). The van der Waals surface area contributed by atoms with E-state index in [1.54, 1.807) is 0 Å². The van der Waals surface area contributed by atoms with Gasteiger partial charge in [-0.15, -0.1) is 0 Å². The highest BCUT2D eigenvalue weighted by atomic mass is 35.5. The number of carbonyl (C=O) groups is 1. The first-order valence-corrected chi connectivity index (χ1v) is 4.62. The van der Waals surface area contributed by atoms with Gasteiger partial charge in [-0.3, -0.25) is 10.1 Å². The minimum absolute atomic E-state index is 0.121. The molecule has 0 unspecified atom stereocenters. The van der Waals surface area contributed by atoms with E-state index in [2.05, 4.69) is 4.74 Å². The largest absolute Gasteiger partial charge is 0.465 e. The Morgan fingerprint density at radius 1 is 1.44 bits per heavy atom. The van der Waals surface area contributed by atoms with Crippen molar-refractivity contribution < 1.29 is 14.5 Å². The quantitative estimate of drug-likeness (QED) is 0.352. The third-order valence-corrected chi connectivity index (χ3v) is 2.05. The molecule has 1 aromatic rings.